The summed E-state index contributed by atoms with van der Waals surface area (Å²) in [4.78, 5) is 30.0. The van der Waals surface area contributed by atoms with Gasteiger partial charge >= 0.3 is 0 Å². The van der Waals surface area contributed by atoms with Crippen molar-refractivity contribution in [2.24, 2.45) is 10.7 Å². The summed E-state index contributed by atoms with van der Waals surface area (Å²) >= 11 is 7.03. The molecule has 26 heavy (non-hydrogen) atoms. The molecular formula is C18H15ClFN3O2S. The first kappa shape index (κ1) is 18.4. The summed E-state index contributed by atoms with van der Waals surface area (Å²) in [6.45, 7) is 0.286. The maximum absolute atomic E-state index is 13.1. The maximum atomic E-state index is 13.1. The SMILES string of the molecule is NC(=O)C1CC(=O)N(Cc2ccc(Cl)cc2)C(=Nc2ccc(F)cc2)S1. The number of benzene rings is 2. The second-order valence-electron chi connectivity index (χ2n) is 5.69. The lowest BCUT2D eigenvalue weighted by Gasteiger charge is -2.31. The highest BCUT2D eigenvalue weighted by atomic mass is 35.5. The highest BCUT2D eigenvalue weighted by Crippen LogP contribution is 2.30. The number of carbonyl (C=O) groups excluding carboxylic acids is 2. The molecule has 134 valence electrons. The first-order valence-corrected chi connectivity index (χ1v) is 9.03. The molecule has 1 atom stereocenters. The van der Waals surface area contributed by atoms with Gasteiger partial charge < -0.3 is 5.73 Å². The number of thioether (sulfide) groups is 1. The summed E-state index contributed by atoms with van der Waals surface area (Å²) < 4.78 is 13.1. The van der Waals surface area contributed by atoms with Crippen molar-refractivity contribution in [1.82, 2.24) is 4.90 Å². The number of amidine groups is 1. The van der Waals surface area contributed by atoms with E-state index in [1.165, 1.54) is 29.2 Å². The molecule has 5 nitrogen and oxygen atoms in total. The number of primary amides is 1. The molecule has 2 N–H and O–H groups in total. The third kappa shape index (κ3) is 4.42. The van der Waals surface area contributed by atoms with E-state index >= 15 is 0 Å². The summed E-state index contributed by atoms with van der Waals surface area (Å²) in [7, 11) is 0. The number of hydrogen-bond donors (Lipinski definition) is 1. The lowest BCUT2D eigenvalue weighted by molar-refractivity contribution is -0.130. The van der Waals surface area contributed by atoms with Gasteiger partial charge in [-0.15, -0.1) is 0 Å². The van der Waals surface area contributed by atoms with E-state index in [1.54, 1.807) is 12.1 Å². The molecule has 0 aromatic heterocycles. The molecule has 1 fully saturated rings. The number of rotatable bonds is 4. The van der Waals surface area contributed by atoms with Gasteiger partial charge in [-0.3, -0.25) is 14.5 Å². The van der Waals surface area contributed by atoms with E-state index in [2.05, 4.69) is 4.99 Å². The number of nitrogens with zero attached hydrogens (tertiary/aromatic N) is 2. The lowest BCUT2D eigenvalue weighted by Crippen LogP contribution is -2.45. The van der Waals surface area contributed by atoms with Gasteiger partial charge in [0.15, 0.2) is 5.17 Å². The molecule has 2 aromatic carbocycles. The van der Waals surface area contributed by atoms with Gasteiger partial charge in [-0.25, -0.2) is 9.38 Å². The van der Waals surface area contributed by atoms with Crippen molar-refractivity contribution in [1.29, 1.82) is 0 Å². The number of nitrogens with two attached hydrogens (primary N) is 1. The standard InChI is InChI=1S/C18H15ClFN3O2S/c19-12-3-1-11(2-4-12)10-23-16(24)9-15(17(21)25)26-18(23)22-14-7-5-13(20)6-8-14/h1-8,15H,9-10H2,(H2,21,25). The van der Waals surface area contributed by atoms with E-state index in [0.717, 1.165) is 17.3 Å². The van der Waals surface area contributed by atoms with E-state index in [4.69, 9.17) is 17.3 Å². The molecule has 3 rings (SSSR count). The normalized spacial score (nSPS) is 19.0. The first-order chi connectivity index (χ1) is 12.4. The van der Waals surface area contributed by atoms with Crippen LogP contribution in [0.1, 0.15) is 12.0 Å². The van der Waals surface area contributed by atoms with Crippen molar-refractivity contribution < 1.29 is 14.0 Å². The van der Waals surface area contributed by atoms with Crippen LogP contribution in [0.25, 0.3) is 0 Å². The highest BCUT2D eigenvalue weighted by Gasteiger charge is 2.34. The summed E-state index contributed by atoms with van der Waals surface area (Å²) in [6, 6.07) is 12.7. The van der Waals surface area contributed by atoms with Crippen molar-refractivity contribution in [2.75, 3.05) is 0 Å². The van der Waals surface area contributed by atoms with Crippen molar-refractivity contribution in [3.63, 3.8) is 0 Å². The Morgan fingerprint density at radius 2 is 1.88 bits per heavy atom. The van der Waals surface area contributed by atoms with E-state index in [1.807, 2.05) is 12.1 Å². The molecule has 0 bridgehead atoms. The fourth-order valence-electron chi connectivity index (χ4n) is 2.41. The fraction of sp³-hybridized carbons (Fsp3) is 0.167. The van der Waals surface area contributed by atoms with Crippen LogP contribution in [0.5, 0.6) is 0 Å². The summed E-state index contributed by atoms with van der Waals surface area (Å²) in [5.41, 5.74) is 6.72. The van der Waals surface area contributed by atoms with Crippen LogP contribution in [0, 0.1) is 5.82 Å². The highest BCUT2D eigenvalue weighted by molar-refractivity contribution is 8.15. The smallest absolute Gasteiger partial charge is 0.231 e. The second-order valence-corrected chi connectivity index (χ2v) is 7.30. The Morgan fingerprint density at radius 1 is 1.23 bits per heavy atom. The van der Waals surface area contributed by atoms with Crippen LogP contribution in [0.4, 0.5) is 10.1 Å². The van der Waals surface area contributed by atoms with Crippen molar-refractivity contribution in [3.8, 4) is 0 Å². The Morgan fingerprint density at radius 3 is 2.50 bits per heavy atom. The van der Waals surface area contributed by atoms with Gasteiger partial charge in [0.1, 0.15) is 5.82 Å². The Balaban J connectivity index is 1.92. The van der Waals surface area contributed by atoms with E-state index in [9.17, 15) is 14.0 Å². The van der Waals surface area contributed by atoms with Gasteiger partial charge in [0, 0.05) is 11.4 Å². The molecule has 8 heteroatoms. The number of aliphatic imine (C=N–C) groups is 1. The third-order valence-corrected chi connectivity index (χ3v) is 5.22. The average molecular weight is 392 g/mol. The van der Waals surface area contributed by atoms with Crippen molar-refractivity contribution in [2.45, 2.75) is 18.2 Å². The van der Waals surface area contributed by atoms with Crippen LogP contribution in [0.2, 0.25) is 5.02 Å². The van der Waals surface area contributed by atoms with E-state index < -0.39 is 11.2 Å². The Kier molecular flexibility index (Phi) is 5.58. The Labute approximate surface area is 159 Å². The first-order valence-electron chi connectivity index (χ1n) is 7.77. The van der Waals surface area contributed by atoms with Gasteiger partial charge in [0.25, 0.3) is 0 Å². The number of amides is 2. The van der Waals surface area contributed by atoms with Gasteiger partial charge in [-0.05, 0) is 42.0 Å². The lowest BCUT2D eigenvalue weighted by atomic mass is 10.2. The predicted octanol–water partition coefficient (Wildman–Crippen LogP) is 3.49. The zero-order valence-corrected chi connectivity index (χ0v) is 15.1. The minimum absolute atomic E-state index is 0.00995. The molecule has 1 unspecified atom stereocenters. The summed E-state index contributed by atoms with van der Waals surface area (Å²) in [5.74, 6) is -1.20. The third-order valence-electron chi connectivity index (χ3n) is 3.76. The molecule has 0 saturated carbocycles. The number of carbonyl (C=O) groups is 2. The molecule has 0 radical (unpaired) electrons. The van der Waals surface area contributed by atoms with Crippen LogP contribution < -0.4 is 5.73 Å². The molecule has 2 amide bonds. The van der Waals surface area contributed by atoms with Gasteiger partial charge in [-0.2, -0.15) is 0 Å². The monoisotopic (exact) mass is 391 g/mol. The number of halogens is 2. The molecule has 1 aliphatic heterocycles. The van der Waals surface area contributed by atoms with Crippen LogP contribution in [-0.4, -0.2) is 27.1 Å². The molecule has 1 saturated heterocycles. The topological polar surface area (TPSA) is 75.8 Å². The quantitative estimate of drug-likeness (QED) is 0.866. The van der Waals surface area contributed by atoms with Crippen LogP contribution in [0.3, 0.4) is 0 Å². The zero-order chi connectivity index (χ0) is 18.7. The molecule has 1 heterocycles. The van der Waals surface area contributed by atoms with Crippen molar-refractivity contribution in [3.05, 3.63) is 64.9 Å². The average Bonchev–Trinajstić information content (AvgIpc) is 2.61. The molecule has 2 aromatic rings. The van der Waals surface area contributed by atoms with Crippen LogP contribution in [-0.2, 0) is 16.1 Å². The van der Waals surface area contributed by atoms with Gasteiger partial charge in [0.05, 0.1) is 17.5 Å². The fourth-order valence-corrected chi connectivity index (χ4v) is 3.58. The second kappa shape index (κ2) is 7.88. The van der Waals surface area contributed by atoms with E-state index in [-0.39, 0.29) is 24.7 Å². The molecular weight excluding hydrogens is 377 g/mol. The van der Waals surface area contributed by atoms with Crippen LogP contribution >= 0.6 is 23.4 Å². The molecule has 0 aliphatic carbocycles. The predicted molar refractivity (Wildman–Crippen MR) is 101 cm³/mol. The van der Waals surface area contributed by atoms with Gasteiger partial charge in [0.2, 0.25) is 11.8 Å². The maximum Gasteiger partial charge on any atom is 0.231 e. The molecule has 0 spiro atoms. The summed E-state index contributed by atoms with van der Waals surface area (Å²) in [6.07, 6.45) is 0.00995. The Bertz CT molecular complexity index is 856. The largest absolute Gasteiger partial charge is 0.369 e. The minimum atomic E-state index is -0.678. The van der Waals surface area contributed by atoms with Crippen molar-refractivity contribution >= 4 is 46.0 Å². The zero-order valence-electron chi connectivity index (χ0n) is 13.6. The minimum Gasteiger partial charge on any atom is -0.369 e. The molecule has 1 aliphatic rings. The van der Waals surface area contributed by atoms with Gasteiger partial charge in [-0.1, -0.05) is 35.5 Å². The Hall–Kier alpha value is -2.38. The number of hydrogen-bond acceptors (Lipinski definition) is 4. The van der Waals surface area contributed by atoms with Crippen LogP contribution in [0.15, 0.2) is 53.5 Å². The summed E-state index contributed by atoms with van der Waals surface area (Å²) in [5, 5.41) is 0.275. The van der Waals surface area contributed by atoms with E-state index in [0.29, 0.717) is 15.9 Å².